The number of Topliss-reactive ketones (excluding diaryl/α,β-unsaturated/α-hetero) is 2. The van der Waals surface area contributed by atoms with E-state index in [-0.39, 0.29) is 5.56 Å². The molecule has 5 heteroatoms. The summed E-state index contributed by atoms with van der Waals surface area (Å²) in [5.41, 5.74) is 0.163. The average molecular weight is 316 g/mol. The number of carbonyl (C=O) groups is 2. The van der Waals surface area contributed by atoms with Crippen molar-refractivity contribution in [3.63, 3.8) is 0 Å². The van der Waals surface area contributed by atoms with Crippen LogP contribution in [-0.4, -0.2) is 17.7 Å². The molecule has 0 aromatic heterocycles. The highest BCUT2D eigenvalue weighted by molar-refractivity contribution is 6.22. The first-order valence-corrected chi connectivity index (χ1v) is 6.91. The Hall–Kier alpha value is -2.69. The minimum Gasteiger partial charge on any atom is -0.294 e. The summed E-state index contributed by atoms with van der Waals surface area (Å²) in [6.45, 7) is 0. The standard InChI is InChI=1S/C18H11F3O2/c19-18(20,21)16(23)10-15(22)17-13-7-3-1-5-11(13)9-12-6-2-4-8-14(12)17/h1-9H,10H2. The molecule has 0 unspecified atom stereocenters. The van der Waals surface area contributed by atoms with Gasteiger partial charge in [-0.05, 0) is 27.6 Å². The number of carbonyl (C=O) groups excluding carboxylic acids is 2. The zero-order valence-corrected chi connectivity index (χ0v) is 11.9. The fraction of sp³-hybridized carbons (Fsp3) is 0.111. The first kappa shape index (κ1) is 15.2. The van der Waals surface area contributed by atoms with Crippen molar-refractivity contribution in [1.82, 2.24) is 0 Å². The molecule has 0 aliphatic carbocycles. The second-order valence-corrected chi connectivity index (χ2v) is 5.21. The summed E-state index contributed by atoms with van der Waals surface area (Å²) in [7, 11) is 0. The highest BCUT2D eigenvalue weighted by Gasteiger charge is 2.39. The van der Waals surface area contributed by atoms with Crippen molar-refractivity contribution in [2.45, 2.75) is 12.6 Å². The topological polar surface area (TPSA) is 34.1 Å². The predicted molar refractivity (Wildman–Crippen MR) is 81.5 cm³/mol. The molecule has 116 valence electrons. The molecule has 0 fully saturated rings. The van der Waals surface area contributed by atoms with Gasteiger partial charge < -0.3 is 0 Å². The molecule has 3 aromatic rings. The third-order valence-corrected chi connectivity index (χ3v) is 3.69. The maximum absolute atomic E-state index is 12.5. The highest BCUT2D eigenvalue weighted by atomic mass is 19.4. The number of fused-ring (bicyclic) bond motifs is 2. The Morgan fingerprint density at radius 3 is 1.78 bits per heavy atom. The molecule has 2 nitrogen and oxygen atoms in total. The average Bonchev–Trinajstić information content (AvgIpc) is 2.51. The summed E-state index contributed by atoms with van der Waals surface area (Å²) in [6.07, 6.45) is -6.18. The summed E-state index contributed by atoms with van der Waals surface area (Å²) in [5, 5.41) is 2.58. The molecule has 0 radical (unpaired) electrons. The van der Waals surface area contributed by atoms with Gasteiger partial charge in [-0.15, -0.1) is 0 Å². The van der Waals surface area contributed by atoms with Crippen molar-refractivity contribution in [1.29, 1.82) is 0 Å². The van der Waals surface area contributed by atoms with Crippen LogP contribution in [0.25, 0.3) is 21.5 Å². The van der Waals surface area contributed by atoms with Gasteiger partial charge in [0.05, 0.1) is 6.42 Å². The lowest BCUT2D eigenvalue weighted by molar-refractivity contribution is -0.170. The van der Waals surface area contributed by atoms with E-state index in [2.05, 4.69) is 0 Å². The minimum atomic E-state index is -5.00. The van der Waals surface area contributed by atoms with E-state index in [1.165, 1.54) is 0 Å². The quantitative estimate of drug-likeness (QED) is 0.399. The van der Waals surface area contributed by atoms with Gasteiger partial charge in [-0.1, -0.05) is 48.5 Å². The smallest absolute Gasteiger partial charge is 0.294 e. The lowest BCUT2D eigenvalue weighted by atomic mass is 9.92. The summed E-state index contributed by atoms with van der Waals surface area (Å²) in [4.78, 5) is 23.6. The van der Waals surface area contributed by atoms with Gasteiger partial charge in [0.15, 0.2) is 5.78 Å². The van der Waals surface area contributed by atoms with Crippen LogP contribution in [0.3, 0.4) is 0 Å². The van der Waals surface area contributed by atoms with Crippen LogP contribution in [0.5, 0.6) is 0 Å². The molecule has 0 spiro atoms. The maximum Gasteiger partial charge on any atom is 0.450 e. The molecule has 0 bridgehead atoms. The molecule has 3 aromatic carbocycles. The van der Waals surface area contributed by atoms with Crippen molar-refractivity contribution in [2.75, 3.05) is 0 Å². The second kappa shape index (κ2) is 5.50. The van der Waals surface area contributed by atoms with E-state index >= 15 is 0 Å². The highest BCUT2D eigenvalue weighted by Crippen LogP contribution is 2.30. The number of benzene rings is 3. The van der Waals surface area contributed by atoms with E-state index < -0.39 is 24.2 Å². The molecule has 0 aliphatic rings. The Labute approximate surface area is 129 Å². The third kappa shape index (κ3) is 2.82. The summed E-state index contributed by atoms with van der Waals surface area (Å²) in [5.74, 6) is -2.85. The monoisotopic (exact) mass is 316 g/mol. The molecule has 0 amide bonds. The number of ketones is 2. The first-order valence-electron chi connectivity index (χ1n) is 6.91. The Morgan fingerprint density at radius 1 is 0.826 bits per heavy atom. The second-order valence-electron chi connectivity index (χ2n) is 5.21. The molecule has 3 rings (SSSR count). The minimum absolute atomic E-state index is 0.163. The molecule has 0 aliphatic heterocycles. The van der Waals surface area contributed by atoms with Crippen LogP contribution in [0.4, 0.5) is 13.2 Å². The SMILES string of the molecule is O=C(CC(=O)C(F)(F)F)c1c2ccccc2cc2ccccc12. The number of hydrogen-bond donors (Lipinski definition) is 0. The zero-order valence-electron chi connectivity index (χ0n) is 11.9. The van der Waals surface area contributed by atoms with Gasteiger partial charge in [-0.3, -0.25) is 9.59 Å². The molecule has 0 heterocycles. The van der Waals surface area contributed by atoms with Crippen LogP contribution in [0, 0.1) is 0 Å². The number of rotatable bonds is 3. The van der Waals surface area contributed by atoms with Gasteiger partial charge in [0.2, 0.25) is 5.78 Å². The van der Waals surface area contributed by atoms with Crippen molar-refractivity contribution < 1.29 is 22.8 Å². The van der Waals surface area contributed by atoms with Crippen LogP contribution >= 0.6 is 0 Å². The van der Waals surface area contributed by atoms with Gasteiger partial charge >= 0.3 is 6.18 Å². The first-order chi connectivity index (χ1) is 10.9. The van der Waals surface area contributed by atoms with Crippen LogP contribution in [0.2, 0.25) is 0 Å². The summed E-state index contributed by atoms with van der Waals surface area (Å²) in [6, 6.07) is 15.8. The van der Waals surface area contributed by atoms with Gasteiger partial charge in [-0.25, -0.2) is 0 Å². The molecule has 0 N–H and O–H groups in total. The zero-order chi connectivity index (χ0) is 16.6. The van der Waals surface area contributed by atoms with Gasteiger partial charge in [0.25, 0.3) is 0 Å². The molecule has 0 atom stereocenters. The Morgan fingerprint density at radius 2 is 1.30 bits per heavy atom. The number of hydrogen-bond acceptors (Lipinski definition) is 2. The Bertz CT molecular complexity index is 872. The van der Waals surface area contributed by atoms with Gasteiger partial charge in [0, 0.05) is 5.56 Å². The molecule has 0 saturated heterocycles. The van der Waals surface area contributed by atoms with Crippen LogP contribution in [-0.2, 0) is 4.79 Å². The molecular formula is C18H11F3O2. The number of halogens is 3. The van der Waals surface area contributed by atoms with Gasteiger partial charge in [0.1, 0.15) is 0 Å². The fourth-order valence-electron chi connectivity index (χ4n) is 2.65. The largest absolute Gasteiger partial charge is 0.450 e. The summed E-state index contributed by atoms with van der Waals surface area (Å²) < 4.78 is 37.4. The van der Waals surface area contributed by atoms with E-state index in [0.717, 1.165) is 10.8 Å². The van der Waals surface area contributed by atoms with Crippen LogP contribution in [0.1, 0.15) is 16.8 Å². The summed E-state index contributed by atoms with van der Waals surface area (Å²) >= 11 is 0. The Kier molecular flexibility index (Phi) is 3.64. The van der Waals surface area contributed by atoms with Crippen LogP contribution < -0.4 is 0 Å². The van der Waals surface area contributed by atoms with Crippen molar-refractivity contribution in [2.24, 2.45) is 0 Å². The molecule has 23 heavy (non-hydrogen) atoms. The molecular weight excluding hydrogens is 305 g/mol. The lowest BCUT2D eigenvalue weighted by Crippen LogP contribution is -2.25. The van der Waals surface area contributed by atoms with E-state index in [4.69, 9.17) is 0 Å². The van der Waals surface area contributed by atoms with Crippen molar-refractivity contribution >= 4 is 33.1 Å². The van der Waals surface area contributed by atoms with Crippen molar-refractivity contribution in [3.8, 4) is 0 Å². The van der Waals surface area contributed by atoms with E-state index in [0.29, 0.717) is 10.8 Å². The van der Waals surface area contributed by atoms with E-state index in [1.807, 2.05) is 6.07 Å². The molecule has 0 saturated carbocycles. The Balaban J connectivity index is 2.21. The third-order valence-electron chi connectivity index (χ3n) is 3.69. The number of alkyl halides is 3. The predicted octanol–water partition coefficient (Wildman–Crippen LogP) is 4.70. The van der Waals surface area contributed by atoms with E-state index in [1.54, 1.807) is 48.5 Å². The van der Waals surface area contributed by atoms with Crippen molar-refractivity contribution in [3.05, 3.63) is 60.2 Å². The fourth-order valence-corrected chi connectivity index (χ4v) is 2.65. The van der Waals surface area contributed by atoms with Gasteiger partial charge in [-0.2, -0.15) is 13.2 Å². The normalized spacial score (nSPS) is 11.8. The van der Waals surface area contributed by atoms with E-state index in [9.17, 15) is 22.8 Å². The lowest BCUT2D eigenvalue weighted by Gasteiger charge is -2.11. The maximum atomic E-state index is 12.5. The van der Waals surface area contributed by atoms with Crippen LogP contribution in [0.15, 0.2) is 54.6 Å².